The predicted octanol–water partition coefficient (Wildman–Crippen LogP) is 5.85. The second-order valence-electron chi connectivity index (χ2n) is 4.33. The molecule has 0 fully saturated rings. The normalized spacial score (nSPS) is 11.1. The van der Waals surface area contributed by atoms with E-state index in [1.54, 1.807) is 10.0 Å². The fourth-order valence-electron chi connectivity index (χ4n) is 1.62. The SMILES string of the molecule is CCCCCC[CH2][Rh][CH2]CCCCCC. The van der Waals surface area contributed by atoms with Crippen molar-refractivity contribution in [3.8, 4) is 0 Å². The van der Waals surface area contributed by atoms with Gasteiger partial charge in [0.1, 0.15) is 0 Å². The van der Waals surface area contributed by atoms with Gasteiger partial charge in [0.15, 0.2) is 0 Å². The van der Waals surface area contributed by atoms with Crippen molar-refractivity contribution in [2.24, 2.45) is 0 Å². The van der Waals surface area contributed by atoms with E-state index >= 15 is 0 Å². The Kier molecular flexibility index (Phi) is 15.2. The molecule has 95 valence electrons. The number of hydrogen-bond acceptors (Lipinski definition) is 0. The van der Waals surface area contributed by atoms with E-state index in [1.165, 1.54) is 64.2 Å². The zero-order valence-electron chi connectivity index (χ0n) is 10.8. The Morgan fingerprint density at radius 3 is 1.33 bits per heavy atom. The molecule has 0 unspecified atom stereocenters. The first-order valence-electron chi connectivity index (χ1n) is 6.89. The average Bonchev–Trinajstić information content (AvgIpc) is 2.26. The van der Waals surface area contributed by atoms with Crippen molar-refractivity contribution >= 4 is 0 Å². The molecule has 0 N–H and O–H groups in total. The third kappa shape index (κ3) is 14.6. The Balaban J connectivity index is 2.81. The molecule has 0 aromatic rings. The van der Waals surface area contributed by atoms with E-state index in [9.17, 15) is 0 Å². The fraction of sp³-hybridized carbons (Fsp3) is 1.00. The molecular formula is C14H30Rh. The first-order chi connectivity index (χ1) is 7.41. The van der Waals surface area contributed by atoms with E-state index in [4.69, 9.17) is 0 Å². The summed E-state index contributed by atoms with van der Waals surface area (Å²) in [7, 11) is 0. The van der Waals surface area contributed by atoms with Crippen LogP contribution < -0.4 is 0 Å². The maximum atomic E-state index is 2.29. The van der Waals surface area contributed by atoms with Crippen molar-refractivity contribution < 1.29 is 17.1 Å². The molecule has 0 atom stereocenters. The van der Waals surface area contributed by atoms with Gasteiger partial charge < -0.3 is 0 Å². The molecule has 0 aromatic heterocycles. The van der Waals surface area contributed by atoms with Crippen LogP contribution >= 0.6 is 0 Å². The molecule has 0 rings (SSSR count). The van der Waals surface area contributed by atoms with Gasteiger partial charge in [-0.2, -0.15) is 0 Å². The second-order valence-corrected chi connectivity index (χ2v) is 6.79. The molecule has 1 heteroatoms. The van der Waals surface area contributed by atoms with Gasteiger partial charge in [-0.1, -0.05) is 0 Å². The zero-order valence-corrected chi connectivity index (χ0v) is 12.5. The zero-order chi connectivity index (χ0) is 11.2. The summed E-state index contributed by atoms with van der Waals surface area (Å²) in [5.74, 6) is 0. The van der Waals surface area contributed by atoms with Crippen LogP contribution in [0.2, 0.25) is 10.0 Å². The molecule has 0 bridgehead atoms. The summed E-state index contributed by atoms with van der Waals surface area (Å²) in [6, 6.07) is 0. The Labute approximate surface area is 105 Å². The summed E-state index contributed by atoms with van der Waals surface area (Å²) in [4.78, 5) is 0. The molecule has 0 spiro atoms. The topological polar surface area (TPSA) is 0 Å². The standard InChI is InChI=1S/2C7H15.Rh/c2*1-3-5-7-6-4-2;/h2*1,3-7H2,2H3;. The number of unbranched alkanes of at least 4 members (excludes halogenated alkanes) is 8. The monoisotopic (exact) mass is 301 g/mol. The van der Waals surface area contributed by atoms with Gasteiger partial charge in [-0.05, 0) is 0 Å². The van der Waals surface area contributed by atoms with Crippen LogP contribution in [0, 0.1) is 0 Å². The van der Waals surface area contributed by atoms with Crippen LogP contribution in [0.15, 0.2) is 0 Å². The predicted molar refractivity (Wildman–Crippen MR) is 67.1 cm³/mol. The van der Waals surface area contributed by atoms with Gasteiger partial charge in [0.05, 0.1) is 0 Å². The molecule has 0 aromatic carbocycles. The van der Waals surface area contributed by atoms with E-state index in [0.29, 0.717) is 0 Å². The first-order valence-corrected chi connectivity index (χ1v) is 9.20. The quantitative estimate of drug-likeness (QED) is 0.313. The van der Waals surface area contributed by atoms with E-state index in [1.807, 2.05) is 0 Å². The molecule has 0 saturated heterocycles. The van der Waals surface area contributed by atoms with Crippen LogP contribution in [0.3, 0.4) is 0 Å². The minimum absolute atomic E-state index is 0.909. The van der Waals surface area contributed by atoms with Gasteiger partial charge in [0.2, 0.25) is 0 Å². The van der Waals surface area contributed by atoms with E-state index < -0.39 is 0 Å². The van der Waals surface area contributed by atoms with Crippen LogP contribution in [0.1, 0.15) is 78.1 Å². The molecule has 0 aliphatic carbocycles. The van der Waals surface area contributed by atoms with Crippen molar-refractivity contribution in [1.82, 2.24) is 0 Å². The van der Waals surface area contributed by atoms with E-state index in [2.05, 4.69) is 13.8 Å². The molecule has 15 heavy (non-hydrogen) atoms. The Hall–Kier alpha value is 0.623. The Morgan fingerprint density at radius 2 is 0.933 bits per heavy atom. The van der Waals surface area contributed by atoms with Crippen molar-refractivity contribution in [3.63, 3.8) is 0 Å². The van der Waals surface area contributed by atoms with Gasteiger partial charge >= 0.3 is 105 Å². The Morgan fingerprint density at radius 1 is 0.533 bits per heavy atom. The molecule has 0 radical (unpaired) electrons. The average molecular weight is 301 g/mol. The summed E-state index contributed by atoms with van der Waals surface area (Å²) in [5.41, 5.74) is 0. The third-order valence-electron chi connectivity index (χ3n) is 2.68. The van der Waals surface area contributed by atoms with E-state index in [-0.39, 0.29) is 0 Å². The molecule has 0 nitrogen and oxygen atoms in total. The van der Waals surface area contributed by atoms with Gasteiger partial charge in [0.25, 0.3) is 0 Å². The number of hydrogen-bond donors (Lipinski definition) is 0. The van der Waals surface area contributed by atoms with E-state index in [0.717, 1.165) is 17.1 Å². The van der Waals surface area contributed by atoms with Gasteiger partial charge in [-0.25, -0.2) is 0 Å². The Bertz CT molecular complexity index is 89.5. The minimum atomic E-state index is 0.909. The van der Waals surface area contributed by atoms with Gasteiger partial charge in [-0.15, -0.1) is 0 Å². The molecule has 0 saturated carbocycles. The molecule has 0 amide bonds. The molecular weight excluding hydrogens is 271 g/mol. The van der Waals surface area contributed by atoms with Crippen LogP contribution in [0.25, 0.3) is 0 Å². The summed E-state index contributed by atoms with van der Waals surface area (Å²) in [6.07, 6.45) is 14.6. The summed E-state index contributed by atoms with van der Waals surface area (Å²) < 4.78 is 0. The van der Waals surface area contributed by atoms with Crippen molar-refractivity contribution in [2.75, 3.05) is 0 Å². The molecule has 0 aliphatic heterocycles. The maximum absolute atomic E-state index is 2.29. The van der Waals surface area contributed by atoms with Crippen LogP contribution in [-0.2, 0) is 17.1 Å². The second kappa shape index (κ2) is 14.6. The van der Waals surface area contributed by atoms with Crippen LogP contribution in [-0.4, -0.2) is 0 Å². The summed E-state index contributed by atoms with van der Waals surface area (Å²) >= 11 is 0.909. The van der Waals surface area contributed by atoms with Gasteiger partial charge in [0, 0.05) is 0 Å². The van der Waals surface area contributed by atoms with Gasteiger partial charge in [-0.3, -0.25) is 0 Å². The molecule has 0 heterocycles. The van der Waals surface area contributed by atoms with Crippen LogP contribution in [0.4, 0.5) is 0 Å². The summed E-state index contributed by atoms with van der Waals surface area (Å²) in [5, 5.41) is 3.11. The molecule has 0 aliphatic rings. The van der Waals surface area contributed by atoms with Crippen molar-refractivity contribution in [2.45, 2.75) is 88.1 Å². The van der Waals surface area contributed by atoms with Crippen molar-refractivity contribution in [3.05, 3.63) is 0 Å². The summed E-state index contributed by atoms with van der Waals surface area (Å²) in [6.45, 7) is 4.58. The van der Waals surface area contributed by atoms with Crippen LogP contribution in [0.5, 0.6) is 0 Å². The first kappa shape index (κ1) is 15.6. The number of rotatable bonds is 12. The third-order valence-corrected chi connectivity index (χ3v) is 5.00. The fourth-order valence-corrected chi connectivity index (χ4v) is 3.67. The van der Waals surface area contributed by atoms with Crippen molar-refractivity contribution in [1.29, 1.82) is 0 Å².